The Labute approximate surface area is 125 Å². The largest absolute Gasteiger partial charge is 0.384 e. The molecule has 0 aromatic carbocycles. The van der Waals surface area contributed by atoms with Gasteiger partial charge < -0.3 is 15.2 Å². The van der Waals surface area contributed by atoms with Gasteiger partial charge in [-0.05, 0) is 39.1 Å². The van der Waals surface area contributed by atoms with E-state index < -0.39 is 0 Å². The molecular weight excluding hydrogens is 262 g/mol. The molecule has 1 saturated carbocycles. The van der Waals surface area contributed by atoms with Crippen LogP contribution in [0.25, 0.3) is 11.3 Å². The lowest BCUT2D eigenvalue weighted by Gasteiger charge is -2.37. The molecule has 0 radical (unpaired) electrons. The van der Waals surface area contributed by atoms with Crippen molar-refractivity contribution in [2.75, 3.05) is 19.8 Å². The van der Waals surface area contributed by atoms with Crippen molar-refractivity contribution in [2.45, 2.75) is 37.8 Å². The van der Waals surface area contributed by atoms with E-state index in [1.165, 1.54) is 25.7 Å². The summed E-state index contributed by atoms with van der Waals surface area (Å²) in [7, 11) is 4.37. The Morgan fingerprint density at radius 1 is 1.33 bits per heavy atom. The monoisotopic (exact) mass is 285 g/mol. The van der Waals surface area contributed by atoms with Crippen LogP contribution in [0.3, 0.4) is 0 Å². The summed E-state index contributed by atoms with van der Waals surface area (Å²) >= 11 is 0. The van der Waals surface area contributed by atoms with E-state index in [0.717, 1.165) is 17.8 Å². The maximum atomic E-state index is 5.80. The van der Waals surface area contributed by atoms with Gasteiger partial charge >= 0.3 is 0 Å². The first-order valence-electron chi connectivity index (χ1n) is 7.50. The first kappa shape index (κ1) is 14.1. The molecule has 2 N–H and O–H groups in total. The summed E-state index contributed by atoms with van der Waals surface area (Å²) in [6.07, 6.45) is 10.7. The average Bonchev–Trinajstić information content (AvgIpc) is 3.09. The highest BCUT2D eigenvalue weighted by molar-refractivity contribution is 5.61. The van der Waals surface area contributed by atoms with Crippen molar-refractivity contribution < 1.29 is 0 Å². The van der Waals surface area contributed by atoms with Gasteiger partial charge in [0.15, 0.2) is 0 Å². The fourth-order valence-corrected chi connectivity index (χ4v) is 3.39. The Balaban J connectivity index is 1.92. The van der Waals surface area contributed by atoms with Crippen molar-refractivity contribution in [1.29, 1.82) is 0 Å². The third-order valence-electron chi connectivity index (χ3n) is 4.74. The molecule has 2 heterocycles. The summed E-state index contributed by atoms with van der Waals surface area (Å²) < 4.78 is 2.25. The van der Waals surface area contributed by atoms with E-state index in [1.807, 2.05) is 24.7 Å². The van der Waals surface area contributed by atoms with Crippen LogP contribution in [0.1, 0.15) is 25.7 Å². The molecule has 0 amide bonds. The van der Waals surface area contributed by atoms with Gasteiger partial charge in [0, 0.05) is 23.8 Å². The Bertz CT molecular complexity index is 611. The van der Waals surface area contributed by atoms with Gasteiger partial charge in [0.1, 0.15) is 5.82 Å². The zero-order valence-electron chi connectivity index (χ0n) is 12.8. The van der Waals surface area contributed by atoms with Crippen molar-refractivity contribution in [1.82, 2.24) is 19.4 Å². The standard InChI is InChI=1S/C16H23N5/c1-20(2)16(6-3-4-7-16)11-21-12-18-10-14(21)13-5-8-19-15(17)9-13/h5,8-10,12H,3-4,6-7,11H2,1-2H3,(H2,17,19). The predicted octanol–water partition coefficient (Wildman–Crippen LogP) is 2.40. The summed E-state index contributed by atoms with van der Waals surface area (Å²) in [5.41, 5.74) is 8.23. The first-order valence-corrected chi connectivity index (χ1v) is 7.50. The lowest BCUT2D eigenvalue weighted by atomic mass is 9.95. The van der Waals surface area contributed by atoms with Crippen LogP contribution in [0.4, 0.5) is 5.82 Å². The van der Waals surface area contributed by atoms with Gasteiger partial charge in [-0.3, -0.25) is 0 Å². The van der Waals surface area contributed by atoms with Crippen molar-refractivity contribution in [3.63, 3.8) is 0 Å². The number of anilines is 1. The number of pyridine rings is 1. The number of aromatic nitrogens is 3. The molecule has 0 aliphatic heterocycles. The molecule has 5 nitrogen and oxygen atoms in total. The molecule has 0 atom stereocenters. The molecular formula is C16H23N5. The molecule has 3 rings (SSSR count). The Morgan fingerprint density at radius 3 is 2.76 bits per heavy atom. The van der Waals surface area contributed by atoms with E-state index in [4.69, 9.17) is 5.73 Å². The summed E-state index contributed by atoms with van der Waals surface area (Å²) in [5.74, 6) is 0.545. The molecule has 1 aliphatic rings. The van der Waals surface area contributed by atoms with Gasteiger partial charge in [-0.1, -0.05) is 12.8 Å². The molecule has 1 fully saturated rings. The maximum absolute atomic E-state index is 5.80. The number of nitrogen functional groups attached to an aromatic ring is 1. The number of hydrogen-bond acceptors (Lipinski definition) is 4. The highest BCUT2D eigenvalue weighted by atomic mass is 15.2. The average molecular weight is 285 g/mol. The number of nitrogens with zero attached hydrogens (tertiary/aromatic N) is 4. The molecule has 0 saturated heterocycles. The second kappa shape index (κ2) is 5.48. The molecule has 21 heavy (non-hydrogen) atoms. The molecule has 0 unspecified atom stereocenters. The lowest BCUT2D eigenvalue weighted by Crippen LogP contribution is -2.45. The van der Waals surface area contributed by atoms with Crippen LogP contribution in [0.5, 0.6) is 0 Å². The third-order valence-corrected chi connectivity index (χ3v) is 4.74. The minimum atomic E-state index is 0.244. The summed E-state index contributed by atoms with van der Waals surface area (Å²) in [4.78, 5) is 10.8. The van der Waals surface area contributed by atoms with Crippen LogP contribution in [0.15, 0.2) is 30.9 Å². The SMILES string of the molecule is CN(C)C1(Cn2cncc2-c2ccnc(N)c2)CCCC1. The summed E-state index contributed by atoms with van der Waals surface area (Å²) in [5, 5.41) is 0. The maximum Gasteiger partial charge on any atom is 0.123 e. The van der Waals surface area contributed by atoms with E-state index in [-0.39, 0.29) is 5.54 Å². The van der Waals surface area contributed by atoms with Crippen LogP contribution in [-0.4, -0.2) is 39.1 Å². The van der Waals surface area contributed by atoms with Gasteiger partial charge in [0.2, 0.25) is 0 Å². The smallest absolute Gasteiger partial charge is 0.123 e. The quantitative estimate of drug-likeness (QED) is 0.937. The van der Waals surface area contributed by atoms with Crippen molar-refractivity contribution in [2.24, 2.45) is 0 Å². The number of imidazole rings is 1. The molecule has 2 aromatic rings. The molecule has 2 aromatic heterocycles. The number of rotatable bonds is 4. The molecule has 5 heteroatoms. The van der Waals surface area contributed by atoms with Crippen LogP contribution in [0.2, 0.25) is 0 Å². The fourth-order valence-electron chi connectivity index (χ4n) is 3.39. The highest BCUT2D eigenvalue weighted by Gasteiger charge is 2.36. The van der Waals surface area contributed by atoms with Gasteiger partial charge in [-0.2, -0.15) is 0 Å². The molecule has 0 spiro atoms. The second-order valence-corrected chi connectivity index (χ2v) is 6.20. The topological polar surface area (TPSA) is 60.0 Å². The van der Waals surface area contributed by atoms with Crippen LogP contribution < -0.4 is 5.73 Å². The zero-order valence-corrected chi connectivity index (χ0v) is 12.8. The number of likely N-dealkylation sites (N-methyl/N-ethyl adjacent to an activating group) is 1. The van der Waals surface area contributed by atoms with Gasteiger partial charge in [0.25, 0.3) is 0 Å². The van der Waals surface area contributed by atoms with Gasteiger partial charge in [0.05, 0.1) is 18.2 Å². The van der Waals surface area contributed by atoms with Crippen LogP contribution >= 0.6 is 0 Å². The minimum absolute atomic E-state index is 0.244. The Hall–Kier alpha value is -1.88. The van der Waals surface area contributed by atoms with E-state index in [2.05, 4.69) is 33.5 Å². The van der Waals surface area contributed by atoms with Gasteiger partial charge in [-0.15, -0.1) is 0 Å². The Kier molecular flexibility index (Phi) is 3.68. The van der Waals surface area contributed by atoms with E-state index in [1.54, 1.807) is 6.20 Å². The van der Waals surface area contributed by atoms with E-state index >= 15 is 0 Å². The normalized spacial score (nSPS) is 17.5. The summed E-state index contributed by atoms with van der Waals surface area (Å²) in [6, 6.07) is 3.89. The third kappa shape index (κ3) is 2.65. The number of nitrogens with two attached hydrogens (primary N) is 1. The van der Waals surface area contributed by atoms with E-state index in [0.29, 0.717) is 5.82 Å². The second-order valence-electron chi connectivity index (χ2n) is 6.20. The van der Waals surface area contributed by atoms with Crippen LogP contribution in [0, 0.1) is 0 Å². The molecule has 112 valence electrons. The number of hydrogen-bond donors (Lipinski definition) is 1. The van der Waals surface area contributed by atoms with Crippen LogP contribution in [-0.2, 0) is 6.54 Å². The first-order chi connectivity index (χ1) is 10.1. The predicted molar refractivity (Wildman–Crippen MR) is 84.8 cm³/mol. The zero-order chi connectivity index (χ0) is 14.9. The van der Waals surface area contributed by atoms with E-state index in [9.17, 15) is 0 Å². The highest BCUT2D eigenvalue weighted by Crippen LogP contribution is 2.36. The van der Waals surface area contributed by atoms with Gasteiger partial charge in [-0.25, -0.2) is 9.97 Å². The lowest BCUT2D eigenvalue weighted by molar-refractivity contribution is 0.134. The minimum Gasteiger partial charge on any atom is -0.384 e. The molecule has 1 aliphatic carbocycles. The Morgan fingerprint density at radius 2 is 2.10 bits per heavy atom. The van der Waals surface area contributed by atoms with Crippen molar-refractivity contribution in [3.8, 4) is 11.3 Å². The molecule has 0 bridgehead atoms. The fraction of sp³-hybridized carbons (Fsp3) is 0.500. The summed E-state index contributed by atoms with van der Waals surface area (Å²) in [6.45, 7) is 0.970. The van der Waals surface area contributed by atoms with Crippen molar-refractivity contribution >= 4 is 5.82 Å². The van der Waals surface area contributed by atoms with Crippen molar-refractivity contribution in [3.05, 3.63) is 30.9 Å².